The molecular formula is C18H22OSi2. The zero-order chi connectivity index (χ0) is 15.3. The van der Waals surface area contributed by atoms with E-state index >= 15 is 0 Å². The summed E-state index contributed by atoms with van der Waals surface area (Å²) < 4.78 is 6.74. The lowest BCUT2D eigenvalue weighted by atomic mass is 10.4. The molecule has 108 valence electrons. The van der Waals surface area contributed by atoms with Gasteiger partial charge < -0.3 is 4.12 Å². The standard InChI is InChI=1S/C18H22OSi2/c1-5-20(3,17-13-9-7-10-14-17)19-21(4,6-2)18-15-11-8-12-16-18/h5-16H,1-2H2,3-4H3. The van der Waals surface area contributed by atoms with E-state index in [9.17, 15) is 0 Å². The molecule has 0 spiro atoms. The summed E-state index contributed by atoms with van der Waals surface area (Å²) in [6.07, 6.45) is 0. The van der Waals surface area contributed by atoms with Crippen LogP contribution in [0.15, 0.2) is 85.2 Å². The SMILES string of the molecule is C=C[Si](C)(O[Si](C)(C=C)c1ccccc1)c1ccccc1. The van der Waals surface area contributed by atoms with Gasteiger partial charge in [-0.05, 0) is 23.5 Å². The highest BCUT2D eigenvalue weighted by Gasteiger charge is 2.38. The molecule has 0 aliphatic rings. The molecule has 2 aromatic rings. The average Bonchev–Trinajstić information content (AvgIpc) is 2.56. The van der Waals surface area contributed by atoms with Crippen LogP contribution >= 0.6 is 0 Å². The summed E-state index contributed by atoms with van der Waals surface area (Å²) in [5.74, 6) is 0. The molecule has 1 nitrogen and oxygen atoms in total. The summed E-state index contributed by atoms with van der Waals surface area (Å²) in [6, 6.07) is 20.8. The normalized spacial score (nSPS) is 16.5. The van der Waals surface area contributed by atoms with Crippen LogP contribution in [-0.4, -0.2) is 16.6 Å². The van der Waals surface area contributed by atoms with Crippen molar-refractivity contribution in [3.8, 4) is 0 Å². The molecule has 0 amide bonds. The zero-order valence-electron chi connectivity index (χ0n) is 12.8. The summed E-state index contributed by atoms with van der Waals surface area (Å²) in [7, 11) is -4.37. The predicted octanol–water partition coefficient (Wildman–Crippen LogP) is 3.42. The molecule has 0 radical (unpaired) electrons. The summed E-state index contributed by atoms with van der Waals surface area (Å²) in [5.41, 5.74) is 4.03. The second-order valence-corrected chi connectivity index (χ2v) is 12.7. The Morgan fingerprint density at radius 1 is 0.714 bits per heavy atom. The maximum Gasteiger partial charge on any atom is 0.234 e. The highest BCUT2D eigenvalue weighted by Crippen LogP contribution is 2.17. The summed E-state index contributed by atoms with van der Waals surface area (Å²) >= 11 is 0. The topological polar surface area (TPSA) is 9.23 Å². The lowest BCUT2D eigenvalue weighted by Crippen LogP contribution is -2.59. The van der Waals surface area contributed by atoms with Crippen LogP contribution in [0.1, 0.15) is 0 Å². The molecular weight excluding hydrogens is 288 g/mol. The number of hydrogen-bond acceptors (Lipinski definition) is 1. The third-order valence-electron chi connectivity index (χ3n) is 3.90. The molecule has 2 unspecified atom stereocenters. The second kappa shape index (κ2) is 6.39. The Morgan fingerprint density at radius 3 is 1.33 bits per heavy atom. The van der Waals surface area contributed by atoms with E-state index in [1.807, 2.05) is 23.5 Å². The molecule has 2 aromatic carbocycles. The van der Waals surface area contributed by atoms with Crippen molar-refractivity contribution in [2.45, 2.75) is 13.1 Å². The minimum atomic E-state index is -2.18. The van der Waals surface area contributed by atoms with Crippen LogP contribution in [0.5, 0.6) is 0 Å². The quantitative estimate of drug-likeness (QED) is 0.743. The molecule has 0 fully saturated rings. The van der Waals surface area contributed by atoms with E-state index in [-0.39, 0.29) is 0 Å². The molecule has 0 aliphatic heterocycles. The van der Waals surface area contributed by atoms with E-state index in [2.05, 4.69) is 74.8 Å². The van der Waals surface area contributed by atoms with Crippen LogP contribution in [0.4, 0.5) is 0 Å². The van der Waals surface area contributed by atoms with Gasteiger partial charge in [0.2, 0.25) is 16.6 Å². The van der Waals surface area contributed by atoms with E-state index in [1.165, 1.54) is 10.4 Å². The van der Waals surface area contributed by atoms with E-state index in [0.29, 0.717) is 0 Å². The molecule has 2 rings (SSSR count). The first-order chi connectivity index (χ1) is 10.0. The Balaban J connectivity index is 2.40. The summed E-state index contributed by atoms with van der Waals surface area (Å²) in [4.78, 5) is 0. The zero-order valence-corrected chi connectivity index (χ0v) is 14.8. The van der Waals surface area contributed by atoms with Crippen LogP contribution in [0.3, 0.4) is 0 Å². The van der Waals surface area contributed by atoms with Gasteiger partial charge in [0, 0.05) is 0 Å². The van der Waals surface area contributed by atoms with Gasteiger partial charge in [-0.2, -0.15) is 0 Å². The van der Waals surface area contributed by atoms with E-state index in [4.69, 9.17) is 4.12 Å². The summed E-state index contributed by atoms with van der Waals surface area (Å²) in [6.45, 7) is 12.5. The minimum Gasteiger partial charge on any atom is -0.443 e. The van der Waals surface area contributed by atoms with Gasteiger partial charge in [0.05, 0.1) is 0 Å². The Morgan fingerprint density at radius 2 is 1.05 bits per heavy atom. The largest absolute Gasteiger partial charge is 0.443 e. The fraction of sp³-hybridized carbons (Fsp3) is 0.111. The molecule has 0 aromatic heterocycles. The molecule has 3 heteroatoms. The Kier molecular flexibility index (Phi) is 4.78. The Hall–Kier alpha value is -1.69. The number of hydrogen-bond donors (Lipinski definition) is 0. The molecule has 21 heavy (non-hydrogen) atoms. The fourth-order valence-corrected chi connectivity index (χ4v) is 9.73. The van der Waals surface area contributed by atoms with Gasteiger partial charge in [-0.1, -0.05) is 72.1 Å². The minimum absolute atomic E-state index is 1.25. The summed E-state index contributed by atoms with van der Waals surface area (Å²) in [5, 5.41) is 2.49. The first-order valence-electron chi connectivity index (χ1n) is 7.12. The van der Waals surface area contributed by atoms with Crippen molar-refractivity contribution < 1.29 is 4.12 Å². The van der Waals surface area contributed by atoms with Crippen LogP contribution in [0, 0.1) is 0 Å². The van der Waals surface area contributed by atoms with Crippen LogP contribution in [-0.2, 0) is 4.12 Å². The lowest BCUT2D eigenvalue weighted by molar-refractivity contribution is 0.585. The molecule has 0 bridgehead atoms. The van der Waals surface area contributed by atoms with Gasteiger partial charge in [-0.25, -0.2) is 0 Å². The van der Waals surface area contributed by atoms with Gasteiger partial charge in [0.25, 0.3) is 0 Å². The first kappa shape index (κ1) is 15.7. The van der Waals surface area contributed by atoms with E-state index in [1.54, 1.807) is 0 Å². The highest BCUT2D eigenvalue weighted by atomic mass is 28.4. The predicted molar refractivity (Wildman–Crippen MR) is 96.9 cm³/mol. The average molecular weight is 311 g/mol. The van der Waals surface area contributed by atoms with Crippen molar-refractivity contribution in [1.29, 1.82) is 0 Å². The van der Waals surface area contributed by atoms with Crippen molar-refractivity contribution in [3.63, 3.8) is 0 Å². The fourth-order valence-electron chi connectivity index (χ4n) is 2.42. The second-order valence-electron chi connectivity index (χ2n) is 5.46. The van der Waals surface area contributed by atoms with E-state index < -0.39 is 16.6 Å². The van der Waals surface area contributed by atoms with Crippen molar-refractivity contribution >= 4 is 27.0 Å². The highest BCUT2D eigenvalue weighted by molar-refractivity contribution is 7.01. The maximum atomic E-state index is 6.74. The Labute approximate surface area is 129 Å². The van der Waals surface area contributed by atoms with Crippen LogP contribution in [0.25, 0.3) is 0 Å². The molecule has 0 N–H and O–H groups in total. The van der Waals surface area contributed by atoms with Crippen LogP contribution in [0.2, 0.25) is 13.1 Å². The molecule has 0 saturated carbocycles. The molecule has 0 saturated heterocycles. The third kappa shape index (κ3) is 3.32. The number of benzene rings is 2. The molecule has 2 atom stereocenters. The van der Waals surface area contributed by atoms with Crippen molar-refractivity contribution in [3.05, 3.63) is 85.2 Å². The van der Waals surface area contributed by atoms with Gasteiger partial charge in [0.1, 0.15) is 0 Å². The lowest BCUT2D eigenvalue weighted by Gasteiger charge is -2.35. The van der Waals surface area contributed by atoms with E-state index in [0.717, 1.165) is 0 Å². The van der Waals surface area contributed by atoms with Gasteiger partial charge in [-0.15, -0.1) is 13.2 Å². The number of rotatable bonds is 6. The van der Waals surface area contributed by atoms with Gasteiger partial charge >= 0.3 is 0 Å². The van der Waals surface area contributed by atoms with Gasteiger partial charge in [0.15, 0.2) is 0 Å². The molecule has 0 aliphatic carbocycles. The maximum absolute atomic E-state index is 6.74. The van der Waals surface area contributed by atoms with Crippen molar-refractivity contribution in [2.75, 3.05) is 0 Å². The third-order valence-corrected chi connectivity index (χ3v) is 11.8. The van der Waals surface area contributed by atoms with Crippen molar-refractivity contribution in [1.82, 2.24) is 0 Å². The monoisotopic (exact) mass is 310 g/mol. The van der Waals surface area contributed by atoms with Crippen LogP contribution < -0.4 is 10.4 Å². The Bertz CT molecular complexity index is 556. The molecule has 0 heterocycles. The smallest absolute Gasteiger partial charge is 0.234 e. The van der Waals surface area contributed by atoms with Gasteiger partial charge in [-0.3, -0.25) is 0 Å². The first-order valence-corrected chi connectivity index (χ1v) is 12.1. The van der Waals surface area contributed by atoms with Crippen molar-refractivity contribution in [2.24, 2.45) is 0 Å².